The summed E-state index contributed by atoms with van der Waals surface area (Å²) in [6.07, 6.45) is 4.97. The topological polar surface area (TPSA) is 38.9 Å². The number of fused-ring (bicyclic) bond motifs is 3. The van der Waals surface area contributed by atoms with E-state index in [1.165, 1.54) is 26.6 Å². The van der Waals surface area contributed by atoms with E-state index in [-0.39, 0.29) is 20.1 Å². The molecule has 7 rings (SSSR count). The van der Waals surface area contributed by atoms with Gasteiger partial charge in [0, 0.05) is 31.7 Å². The summed E-state index contributed by atoms with van der Waals surface area (Å²) < 4.78 is 7.80. The zero-order valence-corrected chi connectivity index (χ0v) is 33.3. The van der Waals surface area contributed by atoms with Crippen LogP contribution in [0.1, 0.15) is 30.5 Å². The zero-order valence-electron chi connectivity index (χ0n) is 28.8. The van der Waals surface area contributed by atoms with Crippen LogP contribution in [0.4, 0.5) is 0 Å². The third kappa shape index (κ3) is 8.06. The first-order chi connectivity index (χ1) is 22.6. The molecule has 0 N–H and O–H groups in total. The minimum Gasteiger partial charge on any atom is 0 e. The van der Waals surface area contributed by atoms with Crippen molar-refractivity contribution in [1.29, 1.82) is 0 Å². The van der Waals surface area contributed by atoms with Crippen LogP contribution in [-0.4, -0.2) is 23.2 Å². The summed E-state index contributed by atoms with van der Waals surface area (Å²) in [7, 11) is 0. The van der Waals surface area contributed by atoms with Crippen LogP contribution < -0.4 is 4.40 Å². The molecule has 0 unspecified atom stereocenters. The SMILES string of the molecule is CC(C)Cc1ccnc(-c2[c-]ccc3c2oc2cc(-c4ccccc4)ccc23)c1.Cc1c[c-]c(-c2cc[c]([Ge]([CH3])([CH3])[CH3])cn2)cc1C.[Ir]. The van der Waals surface area contributed by atoms with Gasteiger partial charge in [0.05, 0.1) is 5.58 Å². The molecule has 48 heavy (non-hydrogen) atoms. The van der Waals surface area contributed by atoms with Crippen molar-refractivity contribution in [2.75, 3.05) is 0 Å². The number of benzene rings is 4. The number of aromatic nitrogens is 2. The number of pyridine rings is 2. The smallest absolute Gasteiger partial charge is 0 e. The molecule has 1 radical (unpaired) electrons. The Morgan fingerprint density at radius 2 is 1.54 bits per heavy atom. The third-order valence-corrected chi connectivity index (χ3v) is 12.9. The maximum atomic E-state index is 6.35. The molecular formula is C43H42GeIrN2O-2. The number of hydrogen-bond acceptors (Lipinski definition) is 3. The molecule has 0 fully saturated rings. The van der Waals surface area contributed by atoms with Gasteiger partial charge in [0.2, 0.25) is 0 Å². The molecule has 0 bridgehead atoms. The Labute approximate surface area is 301 Å². The van der Waals surface area contributed by atoms with Crippen molar-refractivity contribution in [2.45, 2.75) is 51.4 Å². The van der Waals surface area contributed by atoms with Crippen LogP contribution in [0.3, 0.4) is 0 Å². The normalized spacial score (nSPS) is 11.3. The fourth-order valence-electron chi connectivity index (χ4n) is 5.77. The molecule has 0 aliphatic carbocycles. The fourth-order valence-corrected chi connectivity index (χ4v) is 7.94. The maximum absolute atomic E-state index is 6.35. The van der Waals surface area contributed by atoms with Gasteiger partial charge >= 0.3 is 113 Å². The molecule has 0 amide bonds. The molecule has 0 spiro atoms. The second kappa shape index (κ2) is 15.2. The summed E-state index contributed by atoms with van der Waals surface area (Å²) in [5, 5.41) is 2.22. The molecule has 0 aliphatic rings. The summed E-state index contributed by atoms with van der Waals surface area (Å²) in [4.78, 5) is 9.21. The van der Waals surface area contributed by atoms with Gasteiger partial charge in [-0.3, -0.25) is 0 Å². The Morgan fingerprint density at radius 1 is 0.750 bits per heavy atom. The van der Waals surface area contributed by atoms with Crippen molar-refractivity contribution >= 4 is 39.6 Å². The van der Waals surface area contributed by atoms with E-state index >= 15 is 0 Å². The molecule has 0 atom stereocenters. The predicted molar refractivity (Wildman–Crippen MR) is 201 cm³/mol. The standard InChI is InChI=1S/C27H22NO.C16H20GeN.Ir/c1-18(2)15-19-13-14-28-25(16-19)24-10-6-9-23-22-12-11-21(17-26(22)29-27(23)24)20-7-4-3-5-8-20;1-12-6-7-14(10-13(12)2)16-9-8-15(11-18-16)17(3,4)5;/h3-9,11-14,16-18H,15H2,1-2H3;6,8-11H,1-5H3;/q2*-1;. The molecule has 3 aromatic heterocycles. The van der Waals surface area contributed by atoms with Gasteiger partial charge in [-0.1, -0.05) is 78.9 Å². The van der Waals surface area contributed by atoms with Crippen LogP contribution in [0.2, 0.25) is 17.3 Å². The van der Waals surface area contributed by atoms with Crippen LogP contribution in [0.5, 0.6) is 0 Å². The Bertz CT molecular complexity index is 2150. The first-order valence-electron chi connectivity index (χ1n) is 16.4. The molecule has 245 valence electrons. The first kappa shape index (κ1) is 35.5. The second-order valence-electron chi connectivity index (χ2n) is 13.8. The van der Waals surface area contributed by atoms with Gasteiger partial charge in [0.1, 0.15) is 5.58 Å². The van der Waals surface area contributed by atoms with Crippen LogP contribution >= 0.6 is 0 Å². The van der Waals surface area contributed by atoms with E-state index < -0.39 is 13.3 Å². The largest absolute Gasteiger partial charge is 0 e. The van der Waals surface area contributed by atoms with Crippen molar-refractivity contribution in [3.63, 3.8) is 0 Å². The molecule has 0 aliphatic heterocycles. The van der Waals surface area contributed by atoms with Gasteiger partial charge in [-0.25, -0.2) is 0 Å². The molecular weight excluding hydrogens is 825 g/mol. The van der Waals surface area contributed by atoms with Gasteiger partial charge < -0.3 is 9.40 Å². The Balaban J connectivity index is 0.000000205. The molecule has 4 aromatic carbocycles. The molecule has 0 saturated heterocycles. The molecule has 3 nitrogen and oxygen atoms in total. The summed E-state index contributed by atoms with van der Waals surface area (Å²) in [6, 6.07) is 40.3. The monoisotopic (exact) mass is 869 g/mol. The van der Waals surface area contributed by atoms with Crippen LogP contribution in [0.15, 0.2) is 114 Å². The molecule has 5 heteroatoms. The fraction of sp³-hybridized carbons (Fsp3) is 0.209. The summed E-state index contributed by atoms with van der Waals surface area (Å²) in [5.74, 6) is 7.77. The molecule has 0 saturated carbocycles. The zero-order chi connectivity index (χ0) is 33.1. The minimum atomic E-state index is -1.74. The van der Waals surface area contributed by atoms with Crippen molar-refractivity contribution in [3.05, 3.63) is 138 Å². The number of rotatable bonds is 6. The number of aryl methyl sites for hydroxylation is 2. The maximum Gasteiger partial charge on any atom is 0 e. The van der Waals surface area contributed by atoms with Gasteiger partial charge in [0.15, 0.2) is 0 Å². The van der Waals surface area contributed by atoms with Crippen molar-refractivity contribution < 1.29 is 24.5 Å². The van der Waals surface area contributed by atoms with Gasteiger partial charge in [0.25, 0.3) is 0 Å². The van der Waals surface area contributed by atoms with E-state index in [1.54, 1.807) is 0 Å². The van der Waals surface area contributed by atoms with E-state index in [2.05, 4.69) is 152 Å². The average molecular weight is 868 g/mol. The number of nitrogens with zero attached hydrogens (tertiary/aromatic N) is 2. The van der Waals surface area contributed by atoms with Crippen molar-refractivity contribution in [2.24, 2.45) is 5.92 Å². The minimum absolute atomic E-state index is 0. The van der Waals surface area contributed by atoms with E-state index in [9.17, 15) is 0 Å². The summed E-state index contributed by atoms with van der Waals surface area (Å²) in [6.45, 7) is 8.71. The van der Waals surface area contributed by atoms with Gasteiger partial charge in [-0.2, -0.15) is 0 Å². The summed E-state index contributed by atoms with van der Waals surface area (Å²) in [5.41, 5.74) is 11.9. The van der Waals surface area contributed by atoms with Crippen molar-refractivity contribution in [3.8, 4) is 33.6 Å². The van der Waals surface area contributed by atoms with Crippen molar-refractivity contribution in [1.82, 2.24) is 9.97 Å². The van der Waals surface area contributed by atoms with Gasteiger partial charge in [-0.05, 0) is 41.3 Å². The first-order valence-corrected chi connectivity index (χ1v) is 23.7. The predicted octanol–water partition coefficient (Wildman–Crippen LogP) is 11.0. The number of furan rings is 1. The van der Waals surface area contributed by atoms with E-state index in [0.717, 1.165) is 56.4 Å². The average Bonchev–Trinajstić information content (AvgIpc) is 3.44. The van der Waals surface area contributed by atoms with Crippen LogP contribution in [0, 0.1) is 31.9 Å². The molecule has 3 heterocycles. The third-order valence-electron chi connectivity index (χ3n) is 8.60. The Morgan fingerprint density at radius 3 is 2.23 bits per heavy atom. The van der Waals surface area contributed by atoms with E-state index in [0.29, 0.717) is 5.92 Å². The van der Waals surface area contributed by atoms with E-state index in [1.807, 2.05) is 24.4 Å². The molecule has 7 aromatic rings. The quantitative estimate of drug-likeness (QED) is 0.123. The van der Waals surface area contributed by atoms with Crippen LogP contribution in [-0.2, 0) is 26.5 Å². The van der Waals surface area contributed by atoms with Crippen LogP contribution in [0.25, 0.3) is 55.6 Å². The Hall–Kier alpha value is -3.83. The van der Waals surface area contributed by atoms with E-state index in [4.69, 9.17) is 4.42 Å². The second-order valence-corrected chi connectivity index (χ2v) is 24.5. The Kier molecular flexibility index (Phi) is 11.2. The number of hydrogen-bond donors (Lipinski definition) is 0. The van der Waals surface area contributed by atoms with Gasteiger partial charge in [-0.15, -0.1) is 18.2 Å². The summed E-state index contributed by atoms with van der Waals surface area (Å²) >= 11 is -1.74.